The lowest BCUT2D eigenvalue weighted by atomic mass is 10.2. The Balaban J connectivity index is 3.77. The van der Waals surface area contributed by atoms with E-state index in [9.17, 15) is 0 Å². The minimum atomic E-state index is 0.604. The maximum atomic E-state index is 5.97. The highest BCUT2D eigenvalue weighted by molar-refractivity contribution is 8.00. The number of hydrogen-bond acceptors (Lipinski definition) is 1. The summed E-state index contributed by atoms with van der Waals surface area (Å²) in [5, 5.41) is 1.21. The Morgan fingerprint density at radius 1 is 0.867 bits per heavy atom. The molecule has 0 aromatic carbocycles. The summed E-state index contributed by atoms with van der Waals surface area (Å²) < 4.78 is 0. The Morgan fingerprint density at radius 2 is 1.27 bits per heavy atom. The van der Waals surface area contributed by atoms with Crippen LogP contribution in [-0.4, -0.2) is 22.3 Å². The second-order valence-corrected chi connectivity index (χ2v) is 6.20. The van der Waals surface area contributed by atoms with Gasteiger partial charge in [-0.05, 0) is 12.8 Å². The number of unbranched alkanes of at least 4 members (excludes halogenated alkanes) is 2. The van der Waals surface area contributed by atoms with Crippen LogP contribution in [0.3, 0.4) is 0 Å². The molecule has 0 radical (unpaired) electrons. The Hall–Kier alpha value is 0.930. The standard InChI is InChI=1S/C12H24Cl2S/c1-3-5-7-11(9-13)15-12(10-14)8-6-4-2/h11-12H,3-10H2,1-2H3. The molecule has 0 aromatic heterocycles. The van der Waals surface area contributed by atoms with Crippen LogP contribution in [0.25, 0.3) is 0 Å². The third kappa shape index (κ3) is 8.71. The first kappa shape index (κ1) is 15.9. The van der Waals surface area contributed by atoms with Crippen molar-refractivity contribution in [2.75, 3.05) is 11.8 Å². The van der Waals surface area contributed by atoms with E-state index in [1.54, 1.807) is 0 Å². The van der Waals surface area contributed by atoms with E-state index in [0.29, 0.717) is 10.5 Å². The first-order valence-electron chi connectivity index (χ1n) is 6.05. The van der Waals surface area contributed by atoms with E-state index in [1.165, 1.54) is 38.5 Å². The van der Waals surface area contributed by atoms with E-state index < -0.39 is 0 Å². The summed E-state index contributed by atoms with van der Waals surface area (Å²) in [5.41, 5.74) is 0. The van der Waals surface area contributed by atoms with Crippen LogP contribution < -0.4 is 0 Å². The largest absolute Gasteiger partial charge is 0.153 e. The maximum absolute atomic E-state index is 5.97. The first-order valence-corrected chi connectivity index (χ1v) is 8.06. The average molecular weight is 271 g/mol. The molecule has 0 aliphatic carbocycles. The summed E-state index contributed by atoms with van der Waals surface area (Å²) in [6, 6.07) is 0. The van der Waals surface area contributed by atoms with E-state index in [2.05, 4.69) is 13.8 Å². The van der Waals surface area contributed by atoms with Gasteiger partial charge >= 0.3 is 0 Å². The minimum absolute atomic E-state index is 0.604. The predicted molar refractivity (Wildman–Crippen MR) is 75.7 cm³/mol. The van der Waals surface area contributed by atoms with Crippen LogP contribution in [-0.2, 0) is 0 Å². The highest BCUT2D eigenvalue weighted by atomic mass is 35.5. The fraction of sp³-hybridized carbons (Fsp3) is 1.00. The van der Waals surface area contributed by atoms with Crippen molar-refractivity contribution in [1.82, 2.24) is 0 Å². The number of rotatable bonds is 10. The molecular formula is C12H24Cl2S. The smallest absolute Gasteiger partial charge is 0.0342 e. The zero-order chi connectivity index (χ0) is 11.5. The lowest BCUT2D eigenvalue weighted by molar-refractivity contribution is 0.694. The summed E-state index contributed by atoms with van der Waals surface area (Å²) in [4.78, 5) is 0. The van der Waals surface area contributed by atoms with Crippen LogP contribution in [0.4, 0.5) is 0 Å². The van der Waals surface area contributed by atoms with Gasteiger partial charge in [0.25, 0.3) is 0 Å². The zero-order valence-electron chi connectivity index (χ0n) is 9.98. The zero-order valence-corrected chi connectivity index (χ0v) is 12.3. The minimum Gasteiger partial charge on any atom is -0.153 e. The number of thioether (sulfide) groups is 1. The van der Waals surface area contributed by atoms with Crippen molar-refractivity contribution in [2.24, 2.45) is 0 Å². The van der Waals surface area contributed by atoms with Gasteiger partial charge in [0, 0.05) is 22.3 Å². The second kappa shape index (κ2) is 11.4. The van der Waals surface area contributed by atoms with E-state index in [1.807, 2.05) is 11.8 Å². The average Bonchev–Trinajstić information content (AvgIpc) is 2.28. The van der Waals surface area contributed by atoms with E-state index in [4.69, 9.17) is 23.2 Å². The Bertz CT molecular complexity index is 117. The molecule has 0 nitrogen and oxygen atoms in total. The van der Waals surface area contributed by atoms with Crippen molar-refractivity contribution in [3.8, 4) is 0 Å². The van der Waals surface area contributed by atoms with Crippen molar-refractivity contribution in [1.29, 1.82) is 0 Å². The van der Waals surface area contributed by atoms with Gasteiger partial charge in [-0.25, -0.2) is 0 Å². The molecule has 92 valence electrons. The molecule has 0 bridgehead atoms. The van der Waals surface area contributed by atoms with Crippen LogP contribution in [0, 0.1) is 0 Å². The van der Waals surface area contributed by atoms with Crippen LogP contribution in [0.5, 0.6) is 0 Å². The fourth-order valence-corrected chi connectivity index (χ4v) is 3.54. The molecule has 0 fully saturated rings. The van der Waals surface area contributed by atoms with Crippen molar-refractivity contribution in [2.45, 2.75) is 62.9 Å². The van der Waals surface area contributed by atoms with Crippen LogP contribution in [0.15, 0.2) is 0 Å². The van der Waals surface area contributed by atoms with Crippen LogP contribution >= 0.6 is 35.0 Å². The molecule has 2 unspecified atom stereocenters. The predicted octanol–water partition coefficient (Wildman–Crippen LogP) is 5.31. The normalized spacial score (nSPS) is 15.2. The summed E-state index contributed by atoms with van der Waals surface area (Å²) >= 11 is 14.0. The van der Waals surface area contributed by atoms with Crippen LogP contribution in [0.1, 0.15) is 52.4 Å². The Kier molecular flexibility index (Phi) is 12.1. The quantitative estimate of drug-likeness (QED) is 0.485. The first-order chi connectivity index (χ1) is 7.28. The van der Waals surface area contributed by atoms with Gasteiger partial charge in [0.1, 0.15) is 0 Å². The molecule has 0 heterocycles. The van der Waals surface area contributed by atoms with Gasteiger partial charge in [-0.2, -0.15) is 11.8 Å². The topological polar surface area (TPSA) is 0 Å². The van der Waals surface area contributed by atoms with Crippen molar-refractivity contribution in [3.63, 3.8) is 0 Å². The molecule has 0 aromatic rings. The summed E-state index contributed by atoms with van der Waals surface area (Å²) in [5.74, 6) is 1.54. The monoisotopic (exact) mass is 270 g/mol. The third-order valence-electron chi connectivity index (χ3n) is 2.49. The number of halogens is 2. The lowest BCUT2D eigenvalue weighted by Gasteiger charge is -2.19. The highest BCUT2D eigenvalue weighted by Gasteiger charge is 2.14. The lowest BCUT2D eigenvalue weighted by Crippen LogP contribution is -2.14. The van der Waals surface area contributed by atoms with E-state index in [0.717, 1.165) is 11.8 Å². The molecule has 0 N–H and O–H groups in total. The molecule has 3 heteroatoms. The SMILES string of the molecule is CCCCC(CCl)SC(CCl)CCCC. The summed E-state index contributed by atoms with van der Waals surface area (Å²) in [6.45, 7) is 4.46. The second-order valence-electron chi connectivity index (χ2n) is 3.97. The van der Waals surface area contributed by atoms with Gasteiger partial charge in [-0.15, -0.1) is 23.2 Å². The molecule has 0 aliphatic heterocycles. The van der Waals surface area contributed by atoms with E-state index in [-0.39, 0.29) is 0 Å². The maximum Gasteiger partial charge on any atom is 0.0342 e. The van der Waals surface area contributed by atoms with E-state index >= 15 is 0 Å². The van der Waals surface area contributed by atoms with Gasteiger partial charge in [-0.1, -0.05) is 39.5 Å². The number of hydrogen-bond donors (Lipinski definition) is 0. The van der Waals surface area contributed by atoms with Crippen molar-refractivity contribution >= 4 is 35.0 Å². The van der Waals surface area contributed by atoms with Gasteiger partial charge in [0.2, 0.25) is 0 Å². The van der Waals surface area contributed by atoms with Gasteiger partial charge in [0.05, 0.1) is 0 Å². The van der Waals surface area contributed by atoms with Gasteiger partial charge in [-0.3, -0.25) is 0 Å². The fourth-order valence-electron chi connectivity index (χ4n) is 1.50. The molecule has 0 saturated heterocycles. The molecular weight excluding hydrogens is 247 g/mol. The molecule has 0 aliphatic rings. The third-order valence-corrected chi connectivity index (χ3v) is 5.17. The molecule has 0 amide bonds. The van der Waals surface area contributed by atoms with Crippen molar-refractivity contribution < 1.29 is 0 Å². The number of alkyl halides is 2. The van der Waals surface area contributed by atoms with Gasteiger partial charge < -0.3 is 0 Å². The van der Waals surface area contributed by atoms with Gasteiger partial charge in [0.15, 0.2) is 0 Å². The molecule has 0 saturated carbocycles. The molecule has 0 rings (SSSR count). The Labute approximate surface area is 109 Å². The molecule has 0 spiro atoms. The highest BCUT2D eigenvalue weighted by Crippen LogP contribution is 2.27. The van der Waals surface area contributed by atoms with Crippen molar-refractivity contribution in [3.05, 3.63) is 0 Å². The summed E-state index contributed by atoms with van der Waals surface area (Å²) in [7, 11) is 0. The Morgan fingerprint density at radius 3 is 1.53 bits per heavy atom. The van der Waals surface area contributed by atoms with Crippen LogP contribution in [0.2, 0.25) is 0 Å². The molecule has 2 atom stereocenters. The molecule has 15 heavy (non-hydrogen) atoms. The summed E-state index contributed by atoms with van der Waals surface area (Å²) in [6.07, 6.45) is 7.57.